The Hall–Kier alpha value is -3.68. The van der Waals surface area contributed by atoms with Crippen molar-refractivity contribution in [3.63, 3.8) is 0 Å². The number of nitrogens with zero attached hydrogens (tertiary/aromatic N) is 5. The second-order valence-electron chi connectivity index (χ2n) is 5.96. The van der Waals surface area contributed by atoms with Crippen molar-refractivity contribution in [2.24, 2.45) is 7.05 Å². The van der Waals surface area contributed by atoms with Crippen LogP contribution in [0, 0.1) is 0 Å². The zero-order valence-electron chi connectivity index (χ0n) is 14.9. The van der Waals surface area contributed by atoms with E-state index in [0.29, 0.717) is 0 Å². The summed E-state index contributed by atoms with van der Waals surface area (Å²) in [7, 11) is 3.43. The van der Waals surface area contributed by atoms with Gasteiger partial charge in [-0.3, -0.25) is 14.5 Å². The smallest absolute Gasteiger partial charge is 0.280 e. The fourth-order valence-corrected chi connectivity index (χ4v) is 2.75. The van der Waals surface area contributed by atoms with Crippen molar-refractivity contribution < 1.29 is 9.47 Å². The van der Waals surface area contributed by atoms with Crippen LogP contribution in [0.1, 0.15) is 5.56 Å². The predicted molar refractivity (Wildman–Crippen MR) is 99.2 cm³/mol. The minimum Gasteiger partial charge on any atom is -0.496 e. The number of pyridine rings is 1. The van der Waals surface area contributed by atoms with E-state index in [1.807, 2.05) is 25.2 Å². The zero-order valence-corrected chi connectivity index (χ0v) is 14.9. The Morgan fingerprint density at radius 2 is 2.07 bits per heavy atom. The summed E-state index contributed by atoms with van der Waals surface area (Å²) in [6.45, 7) is 0.202. The van der Waals surface area contributed by atoms with Crippen molar-refractivity contribution in [1.29, 1.82) is 0 Å². The number of aryl methyl sites for hydroxylation is 1. The number of fused-ring (bicyclic) bond motifs is 1. The van der Waals surface area contributed by atoms with E-state index in [1.165, 1.54) is 6.07 Å². The van der Waals surface area contributed by atoms with E-state index in [9.17, 15) is 4.79 Å². The minimum absolute atomic E-state index is 0.0274. The van der Waals surface area contributed by atoms with Crippen LogP contribution in [-0.4, -0.2) is 31.7 Å². The summed E-state index contributed by atoms with van der Waals surface area (Å²) in [6, 6.07) is 8.95. The summed E-state index contributed by atoms with van der Waals surface area (Å²) in [5.41, 5.74) is 2.17. The van der Waals surface area contributed by atoms with Crippen LogP contribution in [-0.2, 0) is 13.7 Å². The van der Waals surface area contributed by atoms with Crippen molar-refractivity contribution in [2.75, 3.05) is 7.11 Å². The normalized spacial score (nSPS) is 10.9. The van der Waals surface area contributed by atoms with E-state index in [4.69, 9.17) is 9.47 Å². The third-order valence-electron chi connectivity index (χ3n) is 4.09. The second-order valence-corrected chi connectivity index (χ2v) is 5.96. The molecule has 0 amide bonds. The summed E-state index contributed by atoms with van der Waals surface area (Å²) in [5, 5.41) is 9.25. The Morgan fingerprint density at radius 3 is 2.85 bits per heavy atom. The standard InChI is InChI=1S/C19H17N5O3/c1-23-11-14(10-21-23)24-8-6-17(25)19(22-24)27-12-13-3-4-16-15(9-13)18(26-2)5-7-20-16/h3-11H,12H2,1-2H3. The Kier molecular flexibility index (Phi) is 4.29. The first-order chi connectivity index (χ1) is 13.1. The van der Waals surface area contributed by atoms with Gasteiger partial charge in [-0.2, -0.15) is 5.10 Å². The Bertz CT molecular complexity index is 1170. The summed E-state index contributed by atoms with van der Waals surface area (Å²) in [5.74, 6) is 0.762. The van der Waals surface area contributed by atoms with Crippen LogP contribution in [0.15, 0.2) is 59.9 Å². The van der Waals surface area contributed by atoms with Crippen LogP contribution in [0.2, 0.25) is 0 Å². The van der Waals surface area contributed by atoms with Crippen molar-refractivity contribution in [3.05, 3.63) is 70.9 Å². The molecule has 8 heteroatoms. The van der Waals surface area contributed by atoms with Crippen LogP contribution < -0.4 is 14.9 Å². The van der Waals surface area contributed by atoms with Gasteiger partial charge in [0, 0.05) is 30.9 Å². The highest BCUT2D eigenvalue weighted by molar-refractivity contribution is 5.85. The number of benzene rings is 1. The number of rotatable bonds is 5. The summed E-state index contributed by atoms with van der Waals surface area (Å²) in [4.78, 5) is 16.4. The maximum atomic E-state index is 12.1. The van der Waals surface area contributed by atoms with Gasteiger partial charge in [0.2, 0.25) is 5.43 Å². The molecule has 0 aliphatic heterocycles. The Labute approximate surface area is 154 Å². The molecule has 0 N–H and O–H groups in total. The van der Waals surface area contributed by atoms with Gasteiger partial charge in [-0.05, 0) is 23.8 Å². The molecule has 8 nitrogen and oxygen atoms in total. The number of methoxy groups -OCH3 is 1. The molecule has 4 rings (SSSR count). The van der Waals surface area contributed by atoms with Crippen molar-refractivity contribution in [3.8, 4) is 17.3 Å². The minimum atomic E-state index is -0.282. The van der Waals surface area contributed by atoms with Crippen LogP contribution in [0.3, 0.4) is 0 Å². The quantitative estimate of drug-likeness (QED) is 0.540. The summed E-state index contributed by atoms with van der Waals surface area (Å²) in [6.07, 6.45) is 6.73. The molecule has 0 saturated heterocycles. The van der Waals surface area contributed by atoms with Gasteiger partial charge in [0.05, 0.1) is 25.0 Å². The molecule has 136 valence electrons. The highest BCUT2D eigenvalue weighted by Crippen LogP contribution is 2.24. The SMILES string of the molecule is COc1ccnc2ccc(COc3nn(-c4cnn(C)c4)ccc3=O)cc12. The van der Waals surface area contributed by atoms with Gasteiger partial charge >= 0.3 is 0 Å². The van der Waals surface area contributed by atoms with Crippen LogP contribution in [0.4, 0.5) is 0 Å². The van der Waals surface area contributed by atoms with E-state index < -0.39 is 0 Å². The highest BCUT2D eigenvalue weighted by atomic mass is 16.5. The molecule has 0 aliphatic rings. The van der Waals surface area contributed by atoms with E-state index in [0.717, 1.165) is 27.9 Å². The molecule has 4 aromatic rings. The van der Waals surface area contributed by atoms with Gasteiger partial charge in [-0.1, -0.05) is 6.07 Å². The Balaban J connectivity index is 1.60. The molecule has 0 bridgehead atoms. The van der Waals surface area contributed by atoms with Gasteiger partial charge in [0.15, 0.2) is 0 Å². The first-order valence-electron chi connectivity index (χ1n) is 8.27. The lowest BCUT2D eigenvalue weighted by Gasteiger charge is -2.09. The molecule has 3 heterocycles. The van der Waals surface area contributed by atoms with Crippen molar-refractivity contribution in [1.82, 2.24) is 24.5 Å². The maximum absolute atomic E-state index is 12.1. The molecule has 0 radical (unpaired) electrons. The fraction of sp³-hybridized carbons (Fsp3) is 0.158. The first-order valence-corrected chi connectivity index (χ1v) is 8.27. The monoisotopic (exact) mass is 363 g/mol. The number of hydrogen-bond acceptors (Lipinski definition) is 6. The predicted octanol–water partition coefficient (Wildman–Crippen LogP) is 2.10. The molecule has 0 unspecified atom stereocenters. The van der Waals surface area contributed by atoms with Crippen molar-refractivity contribution in [2.45, 2.75) is 6.61 Å². The third kappa shape index (κ3) is 3.37. The summed E-state index contributed by atoms with van der Waals surface area (Å²) >= 11 is 0. The molecule has 27 heavy (non-hydrogen) atoms. The van der Waals surface area contributed by atoms with Gasteiger partial charge in [-0.25, -0.2) is 4.68 Å². The molecular formula is C19H17N5O3. The van der Waals surface area contributed by atoms with E-state index in [1.54, 1.807) is 47.3 Å². The molecule has 1 aromatic carbocycles. The van der Waals surface area contributed by atoms with Gasteiger partial charge in [-0.15, -0.1) is 5.10 Å². The molecule has 0 saturated carbocycles. The molecule has 0 atom stereocenters. The lowest BCUT2D eigenvalue weighted by molar-refractivity contribution is 0.284. The van der Waals surface area contributed by atoms with Gasteiger partial charge in [0.25, 0.3) is 5.88 Å². The molecule has 0 fully saturated rings. The van der Waals surface area contributed by atoms with Gasteiger partial charge in [0.1, 0.15) is 18.0 Å². The largest absolute Gasteiger partial charge is 0.496 e. The first kappa shape index (κ1) is 16.8. The molecule has 0 aliphatic carbocycles. The highest BCUT2D eigenvalue weighted by Gasteiger charge is 2.08. The van der Waals surface area contributed by atoms with E-state index in [2.05, 4.69) is 15.2 Å². The number of aromatic nitrogens is 5. The van der Waals surface area contributed by atoms with E-state index in [-0.39, 0.29) is 17.9 Å². The topological polar surface area (TPSA) is 84.1 Å². The second kappa shape index (κ2) is 6.91. The van der Waals surface area contributed by atoms with Crippen molar-refractivity contribution >= 4 is 10.9 Å². The average molecular weight is 363 g/mol. The van der Waals surface area contributed by atoms with Crippen LogP contribution in [0.5, 0.6) is 11.6 Å². The lowest BCUT2D eigenvalue weighted by atomic mass is 10.1. The summed E-state index contributed by atoms with van der Waals surface area (Å²) < 4.78 is 14.3. The zero-order chi connectivity index (χ0) is 18.8. The Morgan fingerprint density at radius 1 is 1.19 bits per heavy atom. The molecule has 0 spiro atoms. The van der Waals surface area contributed by atoms with Gasteiger partial charge < -0.3 is 9.47 Å². The van der Waals surface area contributed by atoms with Crippen LogP contribution in [0.25, 0.3) is 16.6 Å². The number of ether oxygens (including phenoxy) is 2. The molecule has 3 aromatic heterocycles. The van der Waals surface area contributed by atoms with E-state index >= 15 is 0 Å². The lowest BCUT2D eigenvalue weighted by Crippen LogP contribution is -2.14. The third-order valence-corrected chi connectivity index (χ3v) is 4.09. The fourth-order valence-electron chi connectivity index (χ4n) is 2.75. The number of hydrogen-bond donors (Lipinski definition) is 0. The molecular weight excluding hydrogens is 346 g/mol. The van der Waals surface area contributed by atoms with Crippen LogP contribution >= 0.6 is 0 Å². The average Bonchev–Trinajstić information content (AvgIpc) is 3.13. The maximum Gasteiger partial charge on any atom is 0.280 e.